The molecule has 1 aromatic rings. The number of hydrogen-bond acceptors (Lipinski definition) is 3. The maximum absolute atomic E-state index is 12.0. The first-order chi connectivity index (χ1) is 8.98. The summed E-state index contributed by atoms with van der Waals surface area (Å²) in [6, 6.07) is 4.32. The third-order valence-corrected chi connectivity index (χ3v) is 3.97. The molecule has 1 aromatic carbocycles. The first-order valence-corrected chi connectivity index (χ1v) is 6.73. The Morgan fingerprint density at radius 1 is 1.37 bits per heavy atom. The van der Waals surface area contributed by atoms with Gasteiger partial charge in [0.1, 0.15) is 5.75 Å². The molecule has 0 saturated heterocycles. The highest BCUT2D eigenvalue weighted by Crippen LogP contribution is 2.25. The average molecular weight is 286 g/mol. The first kappa shape index (κ1) is 15.8. The van der Waals surface area contributed by atoms with Gasteiger partial charge in [-0.15, -0.1) is 0 Å². The van der Waals surface area contributed by atoms with Crippen LogP contribution < -0.4 is 5.32 Å². The SMILES string of the molecule is CCC(CC)(CO)CNC(=O)c1ccc(O)c(Cl)c1. The van der Waals surface area contributed by atoms with Crippen LogP contribution in [0.5, 0.6) is 5.75 Å². The number of aliphatic hydroxyl groups excluding tert-OH is 1. The van der Waals surface area contributed by atoms with Crippen LogP contribution in [-0.4, -0.2) is 29.3 Å². The summed E-state index contributed by atoms with van der Waals surface area (Å²) in [4.78, 5) is 12.0. The van der Waals surface area contributed by atoms with Crippen molar-refractivity contribution < 1.29 is 15.0 Å². The molecule has 0 radical (unpaired) electrons. The highest BCUT2D eigenvalue weighted by atomic mass is 35.5. The van der Waals surface area contributed by atoms with E-state index in [1.165, 1.54) is 18.2 Å². The van der Waals surface area contributed by atoms with Crippen molar-refractivity contribution in [1.82, 2.24) is 5.32 Å². The molecule has 5 heteroatoms. The molecule has 0 aliphatic carbocycles. The van der Waals surface area contributed by atoms with Crippen LogP contribution in [0.3, 0.4) is 0 Å². The molecule has 0 aliphatic heterocycles. The van der Waals surface area contributed by atoms with E-state index in [4.69, 9.17) is 11.6 Å². The van der Waals surface area contributed by atoms with Gasteiger partial charge in [-0.25, -0.2) is 0 Å². The lowest BCUT2D eigenvalue weighted by molar-refractivity contribution is 0.0851. The zero-order chi connectivity index (χ0) is 14.5. The van der Waals surface area contributed by atoms with Crippen molar-refractivity contribution in [3.8, 4) is 5.75 Å². The van der Waals surface area contributed by atoms with Crippen molar-refractivity contribution in [2.24, 2.45) is 5.41 Å². The molecule has 0 fully saturated rings. The van der Waals surface area contributed by atoms with E-state index in [2.05, 4.69) is 5.32 Å². The Hall–Kier alpha value is -1.26. The number of nitrogens with one attached hydrogen (secondary N) is 1. The largest absolute Gasteiger partial charge is 0.506 e. The number of amides is 1. The number of phenolic OH excluding ortho intramolecular Hbond substituents is 1. The van der Waals surface area contributed by atoms with Crippen molar-refractivity contribution in [2.45, 2.75) is 26.7 Å². The van der Waals surface area contributed by atoms with Gasteiger partial charge in [0.25, 0.3) is 5.91 Å². The summed E-state index contributed by atoms with van der Waals surface area (Å²) in [7, 11) is 0. The molecule has 0 aromatic heterocycles. The Morgan fingerprint density at radius 3 is 2.47 bits per heavy atom. The molecule has 0 unspecified atom stereocenters. The number of hydrogen-bond donors (Lipinski definition) is 3. The van der Waals surface area contributed by atoms with Gasteiger partial charge in [-0.05, 0) is 31.0 Å². The fourth-order valence-electron chi connectivity index (χ4n) is 1.80. The van der Waals surface area contributed by atoms with Gasteiger partial charge in [0.2, 0.25) is 0 Å². The molecule has 0 atom stereocenters. The van der Waals surface area contributed by atoms with Gasteiger partial charge in [0.05, 0.1) is 11.6 Å². The van der Waals surface area contributed by atoms with Gasteiger partial charge < -0.3 is 15.5 Å². The predicted octanol–water partition coefficient (Wildman–Crippen LogP) is 2.57. The van der Waals surface area contributed by atoms with E-state index in [1.807, 2.05) is 13.8 Å². The predicted molar refractivity (Wildman–Crippen MR) is 75.6 cm³/mol. The fourth-order valence-corrected chi connectivity index (χ4v) is 1.98. The fraction of sp³-hybridized carbons (Fsp3) is 0.500. The van der Waals surface area contributed by atoms with E-state index >= 15 is 0 Å². The zero-order valence-corrected chi connectivity index (χ0v) is 12.0. The minimum atomic E-state index is -0.281. The number of carbonyl (C=O) groups excluding carboxylic acids is 1. The normalized spacial score (nSPS) is 11.4. The standard InChI is InChI=1S/C14H20ClNO3/c1-3-14(4-2,9-17)8-16-13(19)10-5-6-12(18)11(15)7-10/h5-7,17-18H,3-4,8-9H2,1-2H3,(H,16,19). The molecule has 1 amide bonds. The monoisotopic (exact) mass is 285 g/mol. The lowest BCUT2D eigenvalue weighted by Crippen LogP contribution is -2.39. The number of carbonyl (C=O) groups is 1. The number of phenols is 1. The second-order valence-electron chi connectivity index (χ2n) is 4.71. The molecule has 0 heterocycles. The molecule has 4 nitrogen and oxygen atoms in total. The van der Waals surface area contributed by atoms with Crippen LogP contribution >= 0.6 is 11.6 Å². The Balaban J connectivity index is 2.72. The average Bonchev–Trinajstić information content (AvgIpc) is 2.43. The van der Waals surface area contributed by atoms with Crippen molar-refractivity contribution >= 4 is 17.5 Å². The van der Waals surface area contributed by atoms with Crippen molar-refractivity contribution in [2.75, 3.05) is 13.2 Å². The van der Waals surface area contributed by atoms with E-state index in [0.29, 0.717) is 12.1 Å². The van der Waals surface area contributed by atoms with Gasteiger partial charge in [-0.1, -0.05) is 25.4 Å². The van der Waals surface area contributed by atoms with Crippen LogP contribution in [0.1, 0.15) is 37.0 Å². The molecular weight excluding hydrogens is 266 g/mol. The highest BCUT2D eigenvalue weighted by Gasteiger charge is 2.26. The molecule has 3 N–H and O–H groups in total. The molecule has 19 heavy (non-hydrogen) atoms. The van der Waals surface area contributed by atoms with Crippen LogP contribution in [0, 0.1) is 5.41 Å². The van der Waals surface area contributed by atoms with Gasteiger partial charge in [0.15, 0.2) is 0 Å². The number of rotatable bonds is 6. The third-order valence-electron chi connectivity index (χ3n) is 3.67. The first-order valence-electron chi connectivity index (χ1n) is 6.35. The maximum atomic E-state index is 12.0. The summed E-state index contributed by atoms with van der Waals surface area (Å²) in [6.45, 7) is 4.43. The van der Waals surface area contributed by atoms with Crippen LogP contribution in [0.15, 0.2) is 18.2 Å². The minimum Gasteiger partial charge on any atom is -0.506 e. The number of aliphatic hydroxyl groups is 1. The van der Waals surface area contributed by atoms with Crippen LogP contribution in [0.25, 0.3) is 0 Å². The second kappa shape index (κ2) is 6.78. The summed E-state index contributed by atoms with van der Waals surface area (Å²) < 4.78 is 0. The van der Waals surface area contributed by atoms with Crippen LogP contribution in [0.4, 0.5) is 0 Å². The third kappa shape index (κ3) is 3.85. The van der Waals surface area contributed by atoms with E-state index in [0.717, 1.165) is 12.8 Å². The summed E-state index contributed by atoms with van der Waals surface area (Å²) in [5.74, 6) is -0.313. The molecule has 0 aliphatic rings. The molecular formula is C14H20ClNO3. The molecule has 0 spiro atoms. The molecule has 0 bridgehead atoms. The topological polar surface area (TPSA) is 69.6 Å². The summed E-state index contributed by atoms with van der Waals surface area (Å²) in [6.07, 6.45) is 1.58. The van der Waals surface area contributed by atoms with Gasteiger partial charge in [-0.3, -0.25) is 4.79 Å². The Labute approximate surface area is 118 Å². The highest BCUT2D eigenvalue weighted by molar-refractivity contribution is 6.32. The second-order valence-corrected chi connectivity index (χ2v) is 5.12. The Morgan fingerprint density at radius 2 is 2.00 bits per heavy atom. The summed E-state index contributed by atoms with van der Waals surface area (Å²) in [5, 5.41) is 21.7. The van der Waals surface area contributed by atoms with Crippen molar-refractivity contribution in [1.29, 1.82) is 0 Å². The van der Waals surface area contributed by atoms with E-state index in [-0.39, 0.29) is 28.7 Å². The Bertz CT molecular complexity index is 436. The van der Waals surface area contributed by atoms with Crippen molar-refractivity contribution in [3.05, 3.63) is 28.8 Å². The van der Waals surface area contributed by atoms with Crippen LogP contribution in [-0.2, 0) is 0 Å². The number of benzene rings is 1. The quantitative estimate of drug-likeness (QED) is 0.752. The zero-order valence-electron chi connectivity index (χ0n) is 11.2. The molecule has 106 valence electrons. The van der Waals surface area contributed by atoms with E-state index in [1.54, 1.807) is 0 Å². The summed E-state index contributed by atoms with van der Waals surface area (Å²) in [5.41, 5.74) is 0.109. The lowest BCUT2D eigenvalue weighted by atomic mass is 9.83. The smallest absolute Gasteiger partial charge is 0.251 e. The Kier molecular flexibility index (Phi) is 5.63. The van der Waals surface area contributed by atoms with Crippen molar-refractivity contribution in [3.63, 3.8) is 0 Å². The van der Waals surface area contributed by atoms with Gasteiger partial charge in [0, 0.05) is 17.5 Å². The maximum Gasteiger partial charge on any atom is 0.251 e. The van der Waals surface area contributed by atoms with Gasteiger partial charge in [-0.2, -0.15) is 0 Å². The molecule has 1 rings (SSSR count). The van der Waals surface area contributed by atoms with Gasteiger partial charge >= 0.3 is 0 Å². The van der Waals surface area contributed by atoms with Crippen LogP contribution in [0.2, 0.25) is 5.02 Å². The van der Waals surface area contributed by atoms with E-state index < -0.39 is 0 Å². The number of aromatic hydroxyl groups is 1. The van der Waals surface area contributed by atoms with E-state index in [9.17, 15) is 15.0 Å². The summed E-state index contributed by atoms with van der Waals surface area (Å²) >= 11 is 5.76. The molecule has 0 saturated carbocycles. The lowest BCUT2D eigenvalue weighted by Gasteiger charge is -2.29. The number of halogens is 1. The minimum absolute atomic E-state index is 0.0383.